The fourth-order valence-corrected chi connectivity index (χ4v) is 2.71. The molecular weight excluding hydrogens is 238 g/mol. The molecule has 3 nitrogen and oxygen atoms in total. The second-order valence-corrected chi connectivity index (χ2v) is 5.06. The minimum atomic E-state index is 0.537. The maximum Gasteiger partial charge on any atom is 0.123 e. The Labute approximate surface area is 116 Å². The van der Waals surface area contributed by atoms with Crippen molar-refractivity contribution in [1.82, 2.24) is 5.32 Å². The summed E-state index contributed by atoms with van der Waals surface area (Å²) >= 11 is 0. The highest BCUT2D eigenvalue weighted by Crippen LogP contribution is 2.36. The Bertz CT molecular complexity index is 411. The highest BCUT2D eigenvalue weighted by molar-refractivity contribution is 5.48. The molecule has 1 N–H and O–H groups in total. The SMILES string of the molecule is CCOc1cc([C@@H]2CCCNC2)c(OCC)cc1C. The number of piperidine rings is 1. The predicted octanol–water partition coefficient (Wildman–Crippen LogP) is 3.26. The number of nitrogens with one attached hydrogen (secondary N) is 1. The number of ether oxygens (including phenoxy) is 2. The number of rotatable bonds is 5. The monoisotopic (exact) mass is 263 g/mol. The topological polar surface area (TPSA) is 30.5 Å². The van der Waals surface area contributed by atoms with Gasteiger partial charge in [-0.15, -0.1) is 0 Å². The van der Waals surface area contributed by atoms with Gasteiger partial charge in [-0.2, -0.15) is 0 Å². The van der Waals surface area contributed by atoms with Crippen LogP contribution in [0.25, 0.3) is 0 Å². The van der Waals surface area contributed by atoms with Gasteiger partial charge in [-0.05, 0) is 57.9 Å². The van der Waals surface area contributed by atoms with Crippen LogP contribution in [0, 0.1) is 6.92 Å². The Morgan fingerprint density at radius 3 is 2.53 bits per heavy atom. The summed E-state index contributed by atoms with van der Waals surface area (Å²) in [4.78, 5) is 0. The maximum absolute atomic E-state index is 5.82. The van der Waals surface area contributed by atoms with Gasteiger partial charge in [0.05, 0.1) is 13.2 Å². The third kappa shape index (κ3) is 3.41. The van der Waals surface area contributed by atoms with Gasteiger partial charge in [-0.25, -0.2) is 0 Å². The average Bonchev–Trinajstić information content (AvgIpc) is 2.43. The Morgan fingerprint density at radius 1 is 1.16 bits per heavy atom. The van der Waals surface area contributed by atoms with Gasteiger partial charge in [0.25, 0.3) is 0 Å². The summed E-state index contributed by atoms with van der Waals surface area (Å²) in [6.45, 7) is 9.72. The zero-order valence-electron chi connectivity index (χ0n) is 12.3. The molecule has 0 aromatic heterocycles. The Kier molecular flexibility index (Phi) is 5.08. The summed E-state index contributed by atoms with van der Waals surface area (Å²) in [5.41, 5.74) is 2.45. The average molecular weight is 263 g/mol. The van der Waals surface area contributed by atoms with Gasteiger partial charge in [-0.1, -0.05) is 0 Å². The Balaban J connectivity index is 2.33. The fraction of sp³-hybridized carbons (Fsp3) is 0.625. The zero-order chi connectivity index (χ0) is 13.7. The molecule has 0 bridgehead atoms. The molecule has 0 unspecified atom stereocenters. The summed E-state index contributed by atoms with van der Waals surface area (Å²) < 4.78 is 11.5. The van der Waals surface area contributed by atoms with Crippen LogP contribution in [-0.4, -0.2) is 26.3 Å². The lowest BCUT2D eigenvalue weighted by molar-refractivity contribution is 0.320. The van der Waals surface area contributed by atoms with Crippen molar-refractivity contribution in [3.63, 3.8) is 0 Å². The smallest absolute Gasteiger partial charge is 0.123 e. The largest absolute Gasteiger partial charge is 0.494 e. The summed E-state index contributed by atoms with van der Waals surface area (Å²) in [5.74, 6) is 2.55. The van der Waals surface area contributed by atoms with Gasteiger partial charge in [0, 0.05) is 18.0 Å². The van der Waals surface area contributed by atoms with E-state index in [2.05, 4.69) is 24.4 Å². The molecule has 0 radical (unpaired) electrons. The molecule has 1 aromatic rings. The van der Waals surface area contributed by atoms with Crippen molar-refractivity contribution in [2.75, 3.05) is 26.3 Å². The molecule has 1 saturated heterocycles. The molecule has 1 fully saturated rings. The first kappa shape index (κ1) is 14.2. The maximum atomic E-state index is 5.82. The summed E-state index contributed by atoms with van der Waals surface area (Å²) in [6, 6.07) is 4.31. The van der Waals surface area contributed by atoms with E-state index in [0.29, 0.717) is 19.1 Å². The van der Waals surface area contributed by atoms with E-state index in [4.69, 9.17) is 9.47 Å². The number of hydrogen-bond acceptors (Lipinski definition) is 3. The molecule has 0 amide bonds. The molecular formula is C16H25NO2. The fourth-order valence-electron chi connectivity index (χ4n) is 2.71. The molecule has 1 aromatic carbocycles. The molecule has 19 heavy (non-hydrogen) atoms. The Hall–Kier alpha value is -1.22. The highest BCUT2D eigenvalue weighted by Gasteiger charge is 2.20. The molecule has 0 spiro atoms. The van der Waals surface area contributed by atoms with Crippen LogP contribution in [0.3, 0.4) is 0 Å². The van der Waals surface area contributed by atoms with Crippen LogP contribution in [-0.2, 0) is 0 Å². The van der Waals surface area contributed by atoms with Crippen molar-refractivity contribution in [2.24, 2.45) is 0 Å². The van der Waals surface area contributed by atoms with Gasteiger partial charge in [0.15, 0.2) is 0 Å². The van der Waals surface area contributed by atoms with Gasteiger partial charge < -0.3 is 14.8 Å². The lowest BCUT2D eigenvalue weighted by atomic mass is 9.90. The van der Waals surface area contributed by atoms with Crippen LogP contribution in [0.4, 0.5) is 0 Å². The molecule has 1 atom stereocenters. The third-order valence-electron chi connectivity index (χ3n) is 3.64. The third-order valence-corrected chi connectivity index (χ3v) is 3.64. The van der Waals surface area contributed by atoms with Gasteiger partial charge in [-0.3, -0.25) is 0 Å². The molecule has 1 aliphatic rings. The van der Waals surface area contributed by atoms with Crippen molar-refractivity contribution in [2.45, 2.75) is 39.5 Å². The van der Waals surface area contributed by atoms with Crippen LogP contribution in [0.2, 0.25) is 0 Å². The van der Waals surface area contributed by atoms with E-state index in [1.165, 1.54) is 18.4 Å². The van der Waals surface area contributed by atoms with Crippen LogP contribution >= 0.6 is 0 Å². The van der Waals surface area contributed by atoms with E-state index in [0.717, 1.165) is 30.2 Å². The van der Waals surface area contributed by atoms with Crippen LogP contribution in [0.15, 0.2) is 12.1 Å². The highest BCUT2D eigenvalue weighted by atomic mass is 16.5. The number of benzene rings is 1. The van der Waals surface area contributed by atoms with Gasteiger partial charge in [0.1, 0.15) is 11.5 Å². The molecule has 1 heterocycles. The van der Waals surface area contributed by atoms with Crippen molar-refractivity contribution in [1.29, 1.82) is 0 Å². The van der Waals surface area contributed by atoms with E-state index in [1.807, 2.05) is 13.8 Å². The second-order valence-electron chi connectivity index (χ2n) is 5.06. The van der Waals surface area contributed by atoms with Crippen molar-refractivity contribution in [3.8, 4) is 11.5 Å². The number of hydrogen-bond donors (Lipinski definition) is 1. The first-order valence-electron chi connectivity index (χ1n) is 7.37. The van der Waals surface area contributed by atoms with E-state index in [9.17, 15) is 0 Å². The van der Waals surface area contributed by atoms with E-state index in [-0.39, 0.29) is 0 Å². The molecule has 1 aliphatic heterocycles. The molecule has 0 saturated carbocycles. The second kappa shape index (κ2) is 6.80. The lowest BCUT2D eigenvalue weighted by Gasteiger charge is -2.26. The first-order chi connectivity index (χ1) is 9.26. The lowest BCUT2D eigenvalue weighted by Crippen LogP contribution is -2.28. The van der Waals surface area contributed by atoms with Crippen molar-refractivity contribution in [3.05, 3.63) is 23.3 Å². The standard InChI is InChI=1S/C16H25NO2/c1-4-18-15-10-14(13-7-6-8-17-11-13)16(19-5-2)9-12(15)3/h9-10,13,17H,4-8,11H2,1-3H3/t13-/m1/s1. The predicted molar refractivity (Wildman–Crippen MR) is 78.4 cm³/mol. The van der Waals surface area contributed by atoms with E-state index >= 15 is 0 Å². The molecule has 0 aliphatic carbocycles. The molecule has 106 valence electrons. The van der Waals surface area contributed by atoms with Gasteiger partial charge >= 0.3 is 0 Å². The van der Waals surface area contributed by atoms with Crippen molar-refractivity contribution < 1.29 is 9.47 Å². The van der Waals surface area contributed by atoms with Crippen LogP contribution < -0.4 is 14.8 Å². The minimum Gasteiger partial charge on any atom is -0.494 e. The Morgan fingerprint density at radius 2 is 1.89 bits per heavy atom. The van der Waals surface area contributed by atoms with E-state index < -0.39 is 0 Å². The minimum absolute atomic E-state index is 0.537. The number of aryl methyl sites for hydroxylation is 1. The van der Waals surface area contributed by atoms with E-state index in [1.54, 1.807) is 0 Å². The molecule has 2 rings (SSSR count). The van der Waals surface area contributed by atoms with Crippen LogP contribution in [0.5, 0.6) is 11.5 Å². The summed E-state index contributed by atoms with van der Waals surface area (Å²) in [7, 11) is 0. The summed E-state index contributed by atoms with van der Waals surface area (Å²) in [5, 5.41) is 3.47. The van der Waals surface area contributed by atoms with Crippen LogP contribution in [0.1, 0.15) is 43.7 Å². The quantitative estimate of drug-likeness (QED) is 0.884. The zero-order valence-corrected chi connectivity index (χ0v) is 12.3. The van der Waals surface area contributed by atoms with Crippen molar-refractivity contribution >= 4 is 0 Å². The normalized spacial score (nSPS) is 19.2. The first-order valence-corrected chi connectivity index (χ1v) is 7.37. The van der Waals surface area contributed by atoms with Gasteiger partial charge in [0.2, 0.25) is 0 Å². The molecule has 3 heteroatoms. The summed E-state index contributed by atoms with van der Waals surface area (Å²) in [6.07, 6.45) is 2.45.